The fourth-order valence-electron chi connectivity index (χ4n) is 2.00. The highest BCUT2D eigenvalue weighted by Gasteiger charge is 2.02. The molecule has 0 bridgehead atoms. The Morgan fingerprint density at radius 2 is 2.12 bits per heavy atom. The smallest absolute Gasteiger partial charge is 0.112 e. The number of aryl methyl sites for hydroxylation is 1. The second-order valence-corrected chi connectivity index (χ2v) is 4.48. The monoisotopic (exact) mass is 251 g/mol. The number of hydrogen-bond acceptors (Lipinski definition) is 1. The summed E-state index contributed by atoms with van der Waals surface area (Å²) in [6.07, 6.45) is 5.31. The van der Waals surface area contributed by atoms with Crippen molar-refractivity contribution in [2.75, 3.05) is 12.5 Å². The largest absolute Gasteiger partial charge is 0.414 e. The fourth-order valence-corrected chi connectivity index (χ4v) is 2.19. The Hall–Kier alpha value is -1.15. The first-order valence-corrected chi connectivity index (χ1v) is 6.68. The lowest BCUT2D eigenvalue weighted by Crippen LogP contribution is -2.08. The van der Waals surface area contributed by atoms with Gasteiger partial charge in [-0.05, 0) is 49.9 Å². The molecule has 0 atom stereocenters. The Balaban J connectivity index is 2.14. The van der Waals surface area contributed by atoms with E-state index in [0.29, 0.717) is 6.61 Å². The van der Waals surface area contributed by atoms with Crippen molar-refractivity contribution in [1.82, 2.24) is 4.73 Å². The van der Waals surface area contributed by atoms with Crippen molar-refractivity contribution in [1.29, 1.82) is 0 Å². The van der Waals surface area contributed by atoms with Gasteiger partial charge in [-0.1, -0.05) is 6.07 Å². The molecule has 0 N–H and O–H groups in total. The maximum Gasteiger partial charge on any atom is 0.112 e. The van der Waals surface area contributed by atoms with Crippen LogP contribution in [0.5, 0.6) is 0 Å². The van der Waals surface area contributed by atoms with Crippen molar-refractivity contribution in [3.63, 3.8) is 0 Å². The number of hydrogen-bond donors (Lipinski definition) is 0. The molecule has 0 amide bonds. The Kier molecular flexibility index (Phi) is 4.32. The average Bonchev–Trinajstić information content (AvgIpc) is 2.73. The van der Waals surface area contributed by atoms with E-state index in [-0.39, 0.29) is 0 Å². The lowest BCUT2D eigenvalue weighted by molar-refractivity contribution is 0.132. The average molecular weight is 252 g/mol. The number of fused-ring (bicyclic) bond motifs is 1. The first-order chi connectivity index (χ1) is 8.35. The molecule has 2 nitrogen and oxygen atoms in total. The van der Waals surface area contributed by atoms with E-state index in [9.17, 15) is 0 Å². The third-order valence-corrected chi connectivity index (χ3v) is 3.10. The van der Waals surface area contributed by atoms with E-state index in [1.165, 1.54) is 10.9 Å². The van der Waals surface area contributed by atoms with E-state index < -0.39 is 0 Å². The molecule has 1 heterocycles. The molecule has 1 aromatic heterocycles. The maximum absolute atomic E-state index is 5.68. The molecule has 0 aliphatic carbocycles. The summed E-state index contributed by atoms with van der Waals surface area (Å²) < 4.78 is 1.83. The van der Waals surface area contributed by atoms with Crippen LogP contribution in [0.3, 0.4) is 0 Å². The Labute approximate surface area is 107 Å². The van der Waals surface area contributed by atoms with Gasteiger partial charge < -0.3 is 4.84 Å². The maximum atomic E-state index is 5.68. The van der Waals surface area contributed by atoms with E-state index in [2.05, 4.69) is 24.3 Å². The van der Waals surface area contributed by atoms with Gasteiger partial charge in [0.15, 0.2) is 0 Å². The summed E-state index contributed by atoms with van der Waals surface area (Å²) in [5, 5.41) is 1.24. The number of rotatable bonds is 6. The van der Waals surface area contributed by atoms with Crippen LogP contribution in [-0.4, -0.2) is 17.2 Å². The number of unbranched alkanes of at least 4 members (excludes halogenated alkanes) is 1. The molecule has 2 rings (SSSR count). The second kappa shape index (κ2) is 5.97. The molecule has 17 heavy (non-hydrogen) atoms. The molecule has 0 saturated carbocycles. The lowest BCUT2D eigenvalue weighted by atomic mass is 10.1. The van der Waals surface area contributed by atoms with Crippen molar-refractivity contribution < 1.29 is 4.84 Å². The zero-order valence-electron chi connectivity index (χ0n) is 10.2. The van der Waals surface area contributed by atoms with Crippen LogP contribution in [0.25, 0.3) is 10.9 Å². The van der Waals surface area contributed by atoms with Gasteiger partial charge in [-0.25, -0.2) is 0 Å². The quantitative estimate of drug-likeness (QED) is 0.565. The molecule has 0 spiro atoms. The van der Waals surface area contributed by atoms with Crippen LogP contribution in [0.4, 0.5) is 0 Å². The number of aromatic nitrogens is 1. The molecule has 0 saturated heterocycles. The van der Waals surface area contributed by atoms with Crippen LogP contribution in [0.2, 0.25) is 0 Å². The standard InChI is InChI=1S/C14H18ClNO/c1-2-17-16-10-8-13-11-12(5-3-4-9-15)6-7-14(13)16/h6-8,10-11H,2-5,9H2,1H3. The highest BCUT2D eigenvalue weighted by Crippen LogP contribution is 2.18. The van der Waals surface area contributed by atoms with E-state index in [0.717, 1.165) is 30.7 Å². The number of halogens is 1. The summed E-state index contributed by atoms with van der Waals surface area (Å²) in [6, 6.07) is 8.63. The Bertz CT molecular complexity index is 478. The van der Waals surface area contributed by atoms with Crippen LogP contribution in [-0.2, 0) is 6.42 Å². The van der Waals surface area contributed by atoms with Gasteiger partial charge in [0.2, 0.25) is 0 Å². The third-order valence-electron chi connectivity index (χ3n) is 2.84. The summed E-state index contributed by atoms with van der Waals surface area (Å²) in [6.45, 7) is 2.67. The van der Waals surface area contributed by atoms with E-state index in [1.54, 1.807) is 0 Å². The van der Waals surface area contributed by atoms with Crippen LogP contribution in [0.15, 0.2) is 30.5 Å². The minimum Gasteiger partial charge on any atom is -0.414 e. The molecule has 0 aliphatic rings. The predicted molar refractivity (Wildman–Crippen MR) is 72.7 cm³/mol. The highest BCUT2D eigenvalue weighted by molar-refractivity contribution is 6.17. The number of alkyl halides is 1. The molecule has 0 aliphatic heterocycles. The number of benzene rings is 1. The highest BCUT2D eigenvalue weighted by atomic mass is 35.5. The first-order valence-electron chi connectivity index (χ1n) is 6.14. The fraction of sp³-hybridized carbons (Fsp3) is 0.429. The summed E-state index contributed by atoms with van der Waals surface area (Å²) in [7, 11) is 0. The Morgan fingerprint density at radius 1 is 1.24 bits per heavy atom. The molecule has 2 aromatic rings. The van der Waals surface area contributed by atoms with E-state index >= 15 is 0 Å². The summed E-state index contributed by atoms with van der Waals surface area (Å²) >= 11 is 5.68. The third kappa shape index (κ3) is 2.95. The zero-order valence-corrected chi connectivity index (χ0v) is 10.9. The van der Waals surface area contributed by atoms with E-state index in [1.807, 2.05) is 17.9 Å². The molecule has 0 fully saturated rings. The first kappa shape index (κ1) is 12.3. The van der Waals surface area contributed by atoms with Crippen molar-refractivity contribution in [2.24, 2.45) is 0 Å². The van der Waals surface area contributed by atoms with Gasteiger partial charge in [0, 0.05) is 17.5 Å². The normalized spacial score (nSPS) is 10.9. The SMILES string of the molecule is CCOn1ccc2cc(CCCCCl)ccc21. The van der Waals surface area contributed by atoms with Gasteiger partial charge in [-0.15, -0.1) is 11.6 Å². The van der Waals surface area contributed by atoms with Crippen molar-refractivity contribution in [2.45, 2.75) is 26.2 Å². The second-order valence-electron chi connectivity index (χ2n) is 4.10. The van der Waals surface area contributed by atoms with Gasteiger partial charge >= 0.3 is 0 Å². The summed E-state index contributed by atoms with van der Waals surface area (Å²) in [5.74, 6) is 0.753. The molecular formula is C14H18ClNO. The zero-order chi connectivity index (χ0) is 12.1. The van der Waals surface area contributed by atoms with Crippen LogP contribution >= 0.6 is 11.6 Å². The minimum absolute atomic E-state index is 0.682. The predicted octanol–water partition coefficient (Wildman–Crippen LogP) is 3.65. The summed E-state index contributed by atoms with van der Waals surface area (Å²) in [4.78, 5) is 5.50. The van der Waals surface area contributed by atoms with Crippen molar-refractivity contribution >= 4 is 22.5 Å². The molecule has 0 radical (unpaired) electrons. The van der Waals surface area contributed by atoms with Gasteiger partial charge in [-0.2, -0.15) is 4.73 Å². The Morgan fingerprint density at radius 3 is 2.88 bits per heavy atom. The molecular weight excluding hydrogens is 234 g/mol. The van der Waals surface area contributed by atoms with Crippen LogP contribution in [0, 0.1) is 0 Å². The molecule has 0 unspecified atom stereocenters. The van der Waals surface area contributed by atoms with Gasteiger partial charge in [0.1, 0.15) is 6.61 Å². The van der Waals surface area contributed by atoms with Crippen molar-refractivity contribution in [3.05, 3.63) is 36.0 Å². The topological polar surface area (TPSA) is 14.2 Å². The van der Waals surface area contributed by atoms with Crippen LogP contribution in [0.1, 0.15) is 25.3 Å². The summed E-state index contributed by atoms with van der Waals surface area (Å²) in [5.41, 5.74) is 2.50. The minimum atomic E-state index is 0.682. The van der Waals surface area contributed by atoms with Gasteiger partial charge in [-0.3, -0.25) is 0 Å². The van der Waals surface area contributed by atoms with Gasteiger partial charge in [0.25, 0.3) is 0 Å². The van der Waals surface area contributed by atoms with Gasteiger partial charge in [0.05, 0.1) is 5.52 Å². The molecule has 1 aromatic carbocycles. The molecule has 92 valence electrons. The van der Waals surface area contributed by atoms with Crippen LogP contribution < -0.4 is 4.84 Å². The molecule has 3 heteroatoms. The lowest BCUT2D eigenvalue weighted by Gasteiger charge is -2.06. The number of nitrogens with zero attached hydrogens (tertiary/aromatic N) is 1. The van der Waals surface area contributed by atoms with E-state index in [4.69, 9.17) is 16.4 Å². The van der Waals surface area contributed by atoms with Crippen molar-refractivity contribution in [3.8, 4) is 0 Å².